The summed E-state index contributed by atoms with van der Waals surface area (Å²) in [6.07, 6.45) is 1.10. The van der Waals surface area contributed by atoms with Crippen molar-refractivity contribution in [1.29, 1.82) is 0 Å². The van der Waals surface area contributed by atoms with Gasteiger partial charge in [0.25, 0.3) is 5.69 Å². The first kappa shape index (κ1) is 17.8. The van der Waals surface area contributed by atoms with Gasteiger partial charge in [-0.05, 0) is 41.9 Å². The van der Waals surface area contributed by atoms with Gasteiger partial charge in [-0.25, -0.2) is 9.59 Å². The fourth-order valence-corrected chi connectivity index (χ4v) is 2.06. The van der Waals surface area contributed by atoms with E-state index in [1.165, 1.54) is 12.1 Å². The molecular formula is C14H14BrNO6. The van der Waals surface area contributed by atoms with Gasteiger partial charge in [0, 0.05) is 10.5 Å². The molecule has 118 valence electrons. The van der Waals surface area contributed by atoms with Crippen LogP contribution < -0.4 is 0 Å². The first-order valence-electron chi connectivity index (χ1n) is 6.41. The van der Waals surface area contributed by atoms with Crippen LogP contribution in [0.3, 0.4) is 0 Å². The maximum atomic E-state index is 11.9. The van der Waals surface area contributed by atoms with Crippen molar-refractivity contribution in [3.63, 3.8) is 0 Å². The summed E-state index contributed by atoms with van der Waals surface area (Å²) in [5, 5.41) is 11.1. The van der Waals surface area contributed by atoms with E-state index in [9.17, 15) is 19.7 Å². The number of rotatable bonds is 6. The summed E-state index contributed by atoms with van der Waals surface area (Å²) in [6.45, 7) is 3.30. The molecule has 0 atom stereocenters. The van der Waals surface area contributed by atoms with Gasteiger partial charge < -0.3 is 9.47 Å². The molecule has 22 heavy (non-hydrogen) atoms. The highest BCUT2D eigenvalue weighted by atomic mass is 79.9. The molecule has 0 aliphatic heterocycles. The predicted molar refractivity (Wildman–Crippen MR) is 82.0 cm³/mol. The number of hydrogen-bond donors (Lipinski definition) is 0. The Labute approximate surface area is 135 Å². The Bertz CT molecular complexity index is 606. The van der Waals surface area contributed by atoms with E-state index >= 15 is 0 Å². The van der Waals surface area contributed by atoms with Crippen molar-refractivity contribution in [2.45, 2.75) is 13.8 Å². The van der Waals surface area contributed by atoms with Crippen LogP contribution in [0.4, 0.5) is 5.69 Å². The summed E-state index contributed by atoms with van der Waals surface area (Å²) in [5.74, 6) is -1.79. The summed E-state index contributed by atoms with van der Waals surface area (Å²) in [4.78, 5) is 34.2. The topological polar surface area (TPSA) is 95.7 Å². The molecule has 8 heteroatoms. The van der Waals surface area contributed by atoms with Gasteiger partial charge in [0.1, 0.15) is 5.57 Å². The van der Waals surface area contributed by atoms with E-state index in [1.807, 2.05) is 0 Å². The molecule has 0 fully saturated rings. The molecule has 0 unspecified atom stereocenters. The Hall–Kier alpha value is -2.22. The van der Waals surface area contributed by atoms with Crippen molar-refractivity contribution in [2.75, 3.05) is 13.2 Å². The third-order valence-corrected chi connectivity index (χ3v) is 3.20. The molecule has 0 heterocycles. The number of benzene rings is 1. The lowest BCUT2D eigenvalue weighted by molar-refractivity contribution is -0.385. The molecule has 1 aromatic rings. The van der Waals surface area contributed by atoms with Gasteiger partial charge in [-0.15, -0.1) is 0 Å². The highest BCUT2D eigenvalue weighted by Gasteiger charge is 2.24. The summed E-state index contributed by atoms with van der Waals surface area (Å²) < 4.78 is 9.95. The average molecular weight is 372 g/mol. The van der Waals surface area contributed by atoms with Gasteiger partial charge >= 0.3 is 11.9 Å². The Kier molecular flexibility index (Phi) is 6.71. The van der Waals surface area contributed by atoms with Crippen molar-refractivity contribution >= 4 is 39.6 Å². The third kappa shape index (κ3) is 4.39. The van der Waals surface area contributed by atoms with Gasteiger partial charge in [-0.2, -0.15) is 0 Å². The number of ether oxygens (including phenoxy) is 2. The van der Waals surface area contributed by atoms with E-state index in [0.717, 1.165) is 6.08 Å². The molecule has 1 aromatic carbocycles. The van der Waals surface area contributed by atoms with Crippen LogP contribution in [0.2, 0.25) is 0 Å². The zero-order valence-corrected chi connectivity index (χ0v) is 13.6. The minimum atomic E-state index is -0.897. The van der Waals surface area contributed by atoms with E-state index in [2.05, 4.69) is 15.9 Å². The molecular weight excluding hydrogens is 358 g/mol. The van der Waals surface area contributed by atoms with E-state index in [1.54, 1.807) is 19.9 Å². The summed E-state index contributed by atoms with van der Waals surface area (Å²) in [6, 6.07) is 4.31. The molecule has 0 aliphatic rings. The second-order valence-corrected chi connectivity index (χ2v) is 4.78. The van der Waals surface area contributed by atoms with Crippen LogP contribution >= 0.6 is 15.9 Å². The van der Waals surface area contributed by atoms with Crippen molar-refractivity contribution in [3.05, 3.63) is 43.9 Å². The molecule has 0 aromatic heterocycles. The highest BCUT2D eigenvalue weighted by Crippen LogP contribution is 2.29. The van der Waals surface area contributed by atoms with Crippen LogP contribution in [0.1, 0.15) is 19.4 Å². The minimum absolute atomic E-state index is 0.0631. The maximum Gasteiger partial charge on any atom is 0.345 e. The highest BCUT2D eigenvalue weighted by molar-refractivity contribution is 9.10. The van der Waals surface area contributed by atoms with E-state index in [4.69, 9.17) is 9.47 Å². The van der Waals surface area contributed by atoms with Gasteiger partial charge in [0.05, 0.1) is 23.7 Å². The van der Waals surface area contributed by atoms with Gasteiger partial charge in [-0.1, -0.05) is 6.07 Å². The Morgan fingerprint density at radius 2 is 1.77 bits per heavy atom. The Balaban J connectivity index is 3.42. The molecule has 0 N–H and O–H groups in total. The number of hydrogen-bond acceptors (Lipinski definition) is 6. The lowest BCUT2D eigenvalue weighted by atomic mass is 10.1. The lowest BCUT2D eigenvalue weighted by Gasteiger charge is -2.07. The summed E-state index contributed by atoms with van der Waals surface area (Å²) in [7, 11) is 0. The van der Waals surface area contributed by atoms with Crippen molar-refractivity contribution in [3.8, 4) is 0 Å². The van der Waals surface area contributed by atoms with Crippen LogP contribution in [0.15, 0.2) is 28.2 Å². The van der Waals surface area contributed by atoms with E-state index < -0.39 is 22.4 Å². The quantitative estimate of drug-likeness (QED) is 0.190. The molecule has 0 spiro atoms. The standard InChI is InChI=1S/C14H14BrNO6/c1-3-21-13(17)10(14(18)22-4-2)8-9-11(15)6-5-7-12(9)16(19)20/h5-8H,3-4H2,1-2H3. The van der Waals surface area contributed by atoms with Crippen LogP contribution in [-0.4, -0.2) is 30.1 Å². The molecule has 1 rings (SSSR count). The predicted octanol–water partition coefficient (Wildman–Crippen LogP) is 2.87. The number of nitro groups is 1. The normalized spacial score (nSPS) is 9.77. The van der Waals surface area contributed by atoms with Crippen molar-refractivity contribution < 1.29 is 24.0 Å². The molecule has 0 radical (unpaired) electrons. The number of nitro benzene ring substituents is 1. The molecule has 7 nitrogen and oxygen atoms in total. The van der Waals surface area contributed by atoms with E-state index in [-0.39, 0.29) is 24.5 Å². The van der Waals surface area contributed by atoms with Crippen molar-refractivity contribution in [1.82, 2.24) is 0 Å². The second kappa shape index (κ2) is 8.28. The monoisotopic (exact) mass is 371 g/mol. The SMILES string of the molecule is CCOC(=O)C(=Cc1c(Br)cccc1[N+](=O)[O-])C(=O)OCC. The largest absolute Gasteiger partial charge is 0.462 e. The van der Waals surface area contributed by atoms with Crippen molar-refractivity contribution in [2.24, 2.45) is 0 Å². The summed E-state index contributed by atoms with van der Waals surface area (Å²) in [5.41, 5.74) is -0.567. The second-order valence-electron chi connectivity index (χ2n) is 3.93. The Morgan fingerprint density at radius 3 is 2.23 bits per heavy atom. The lowest BCUT2D eigenvalue weighted by Crippen LogP contribution is -2.18. The number of carbonyl (C=O) groups excluding carboxylic acids is 2. The maximum absolute atomic E-state index is 11.9. The van der Waals surface area contributed by atoms with Crippen LogP contribution in [0, 0.1) is 10.1 Å². The van der Waals surface area contributed by atoms with Crippen LogP contribution in [0.25, 0.3) is 6.08 Å². The van der Waals surface area contributed by atoms with Gasteiger partial charge in [0.15, 0.2) is 0 Å². The number of carbonyl (C=O) groups is 2. The van der Waals surface area contributed by atoms with Gasteiger partial charge in [-0.3, -0.25) is 10.1 Å². The fourth-order valence-electron chi connectivity index (χ4n) is 1.59. The number of esters is 2. The fraction of sp³-hybridized carbons (Fsp3) is 0.286. The molecule has 0 bridgehead atoms. The van der Waals surface area contributed by atoms with E-state index in [0.29, 0.717) is 4.47 Å². The molecule has 0 amide bonds. The average Bonchev–Trinajstić information content (AvgIpc) is 2.45. The molecule has 0 saturated carbocycles. The Morgan fingerprint density at radius 1 is 1.23 bits per heavy atom. The molecule has 0 aliphatic carbocycles. The first-order chi connectivity index (χ1) is 10.4. The minimum Gasteiger partial charge on any atom is -0.462 e. The zero-order chi connectivity index (χ0) is 16.7. The van der Waals surface area contributed by atoms with Crippen LogP contribution in [0.5, 0.6) is 0 Å². The first-order valence-corrected chi connectivity index (χ1v) is 7.20. The zero-order valence-electron chi connectivity index (χ0n) is 12.0. The smallest absolute Gasteiger partial charge is 0.345 e. The molecule has 0 saturated heterocycles. The number of nitrogens with zero attached hydrogens (tertiary/aromatic N) is 1. The summed E-state index contributed by atoms with van der Waals surface area (Å²) >= 11 is 3.17. The number of halogens is 1. The third-order valence-electron chi connectivity index (χ3n) is 2.51. The van der Waals surface area contributed by atoms with Crippen LogP contribution in [-0.2, 0) is 19.1 Å². The van der Waals surface area contributed by atoms with Gasteiger partial charge in [0.2, 0.25) is 0 Å².